The van der Waals surface area contributed by atoms with Gasteiger partial charge in [-0.15, -0.1) is 0 Å². The molecule has 0 fully saturated rings. The second-order valence-corrected chi connectivity index (χ2v) is 6.20. The van der Waals surface area contributed by atoms with Crippen molar-refractivity contribution in [2.75, 3.05) is 7.05 Å². The van der Waals surface area contributed by atoms with Crippen LogP contribution in [0.5, 0.6) is 0 Å². The van der Waals surface area contributed by atoms with Gasteiger partial charge in [-0.2, -0.15) is 0 Å². The summed E-state index contributed by atoms with van der Waals surface area (Å²) in [7, 11) is 1.63. The fourth-order valence-electron chi connectivity index (χ4n) is 2.46. The van der Waals surface area contributed by atoms with Gasteiger partial charge >= 0.3 is 0 Å². The summed E-state index contributed by atoms with van der Waals surface area (Å²) in [6.07, 6.45) is 1.42. The maximum atomic E-state index is 12.3. The van der Waals surface area contributed by atoms with E-state index in [9.17, 15) is 9.59 Å². The molecule has 0 aliphatic heterocycles. The quantitative estimate of drug-likeness (QED) is 0.777. The summed E-state index contributed by atoms with van der Waals surface area (Å²) >= 11 is 0. The molecule has 0 spiro atoms. The smallest absolute Gasteiger partial charge is 0.225 e. The molecule has 0 aliphatic rings. The van der Waals surface area contributed by atoms with Crippen molar-refractivity contribution in [2.45, 2.75) is 54.4 Å². The molecule has 3 nitrogen and oxygen atoms in total. The van der Waals surface area contributed by atoms with E-state index in [1.54, 1.807) is 7.05 Å². The first-order chi connectivity index (χ1) is 7.58. The number of nitrogens with one attached hydrogen (secondary N) is 1. The van der Waals surface area contributed by atoms with Crippen LogP contribution in [0.15, 0.2) is 0 Å². The second kappa shape index (κ2) is 5.65. The van der Waals surface area contributed by atoms with Crippen LogP contribution in [-0.2, 0) is 9.59 Å². The van der Waals surface area contributed by atoms with Crippen LogP contribution in [0, 0.1) is 16.7 Å². The number of amides is 1. The van der Waals surface area contributed by atoms with Crippen LogP contribution in [0.1, 0.15) is 54.4 Å². The number of Topliss-reactive ketones (excluding diaryl/α,β-unsaturated/α-hetero) is 1. The summed E-state index contributed by atoms with van der Waals surface area (Å²) < 4.78 is 0. The minimum Gasteiger partial charge on any atom is -0.359 e. The van der Waals surface area contributed by atoms with E-state index < -0.39 is 10.8 Å². The number of hydrogen-bond acceptors (Lipinski definition) is 2. The van der Waals surface area contributed by atoms with Crippen molar-refractivity contribution in [2.24, 2.45) is 16.7 Å². The molecule has 0 aliphatic carbocycles. The Morgan fingerprint density at radius 2 is 1.59 bits per heavy atom. The Kier molecular flexibility index (Phi) is 5.37. The van der Waals surface area contributed by atoms with Crippen LogP contribution in [0.3, 0.4) is 0 Å². The minimum absolute atomic E-state index is 0.0115. The molecule has 0 aromatic heterocycles. The Balaban J connectivity index is 4.86. The lowest BCUT2D eigenvalue weighted by molar-refractivity contribution is -0.136. The predicted octanol–water partition coefficient (Wildman–Crippen LogP) is 2.79. The lowest BCUT2D eigenvalue weighted by Gasteiger charge is -2.34. The van der Waals surface area contributed by atoms with Gasteiger partial charge in [0.1, 0.15) is 5.78 Å². The molecule has 0 aromatic rings. The van der Waals surface area contributed by atoms with Crippen LogP contribution >= 0.6 is 0 Å². The molecule has 1 atom stereocenters. The largest absolute Gasteiger partial charge is 0.359 e. The van der Waals surface area contributed by atoms with Gasteiger partial charge in [-0.1, -0.05) is 41.5 Å². The molecule has 0 bridgehead atoms. The summed E-state index contributed by atoms with van der Waals surface area (Å²) in [5.74, 6) is 0.296. The molecule has 1 N–H and O–H groups in total. The molecule has 100 valence electrons. The predicted molar refractivity (Wildman–Crippen MR) is 70.7 cm³/mol. The van der Waals surface area contributed by atoms with Gasteiger partial charge in [0, 0.05) is 23.8 Å². The highest BCUT2D eigenvalue weighted by atomic mass is 16.2. The third-order valence-electron chi connectivity index (χ3n) is 3.45. The molecule has 0 heterocycles. The number of ketones is 1. The van der Waals surface area contributed by atoms with E-state index in [0.29, 0.717) is 6.42 Å². The normalized spacial score (nSPS) is 14.3. The highest BCUT2D eigenvalue weighted by Crippen LogP contribution is 2.36. The van der Waals surface area contributed by atoms with Crippen LogP contribution in [0.2, 0.25) is 0 Å². The van der Waals surface area contributed by atoms with Crippen molar-refractivity contribution < 1.29 is 9.59 Å². The van der Waals surface area contributed by atoms with Crippen molar-refractivity contribution >= 4 is 11.7 Å². The topological polar surface area (TPSA) is 46.2 Å². The zero-order valence-corrected chi connectivity index (χ0v) is 12.3. The molecule has 0 rings (SSSR count). The summed E-state index contributed by atoms with van der Waals surface area (Å²) in [6.45, 7) is 11.6. The molecule has 0 aromatic carbocycles. The first-order valence-electron chi connectivity index (χ1n) is 6.35. The van der Waals surface area contributed by atoms with E-state index >= 15 is 0 Å². The Bertz CT molecular complexity index is 293. The number of hydrogen-bond donors (Lipinski definition) is 1. The number of rotatable bonds is 6. The van der Waals surface area contributed by atoms with Crippen LogP contribution < -0.4 is 5.32 Å². The summed E-state index contributed by atoms with van der Waals surface area (Å²) in [5.41, 5.74) is -0.965. The Morgan fingerprint density at radius 3 is 1.94 bits per heavy atom. The van der Waals surface area contributed by atoms with Crippen molar-refractivity contribution in [1.29, 1.82) is 0 Å². The maximum Gasteiger partial charge on any atom is 0.225 e. The van der Waals surface area contributed by atoms with E-state index in [1.807, 2.05) is 41.5 Å². The lowest BCUT2D eigenvalue weighted by Crippen LogP contribution is -2.41. The summed E-state index contributed by atoms with van der Waals surface area (Å²) in [5, 5.41) is 2.66. The highest BCUT2D eigenvalue weighted by Gasteiger charge is 2.39. The standard InChI is InChI=1S/C14H27NO2/c1-8-10(2)11(16)13(3,4)9-14(5,6)12(17)15-7/h10H,8-9H2,1-7H3,(H,15,17). The lowest BCUT2D eigenvalue weighted by atomic mass is 9.69. The first kappa shape index (κ1) is 16.1. The van der Waals surface area contributed by atoms with Gasteiger partial charge in [-0.3, -0.25) is 9.59 Å². The third kappa shape index (κ3) is 4.14. The fourth-order valence-corrected chi connectivity index (χ4v) is 2.46. The van der Waals surface area contributed by atoms with Gasteiger partial charge in [0.25, 0.3) is 0 Å². The molecular formula is C14H27NO2. The Morgan fingerprint density at radius 1 is 1.12 bits per heavy atom. The average molecular weight is 241 g/mol. The molecule has 17 heavy (non-hydrogen) atoms. The molecule has 0 radical (unpaired) electrons. The molecule has 3 heteroatoms. The average Bonchev–Trinajstić information content (AvgIpc) is 2.24. The van der Waals surface area contributed by atoms with Crippen molar-refractivity contribution in [3.05, 3.63) is 0 Å². The van der Waals surface area contributed by atoms with E-state index in [2.05, 4.69) is 5.32 Å². The van der Waals surface area contributed by atoms with Gasteiger partial charge in [-0.05, 0) is 12.8 Å². The molecule has 1 unspecified atom stereocenters. The molecule has 1 amide bonds. The van der Waals surface area contributed by atoms with Gasteiger partial charge in [0.05, 0.1) is 0 Å². The van der Waals surface area contributed by atoms with E-state index in [0.717, 1.165) is 6.42 Å². The number of carbonyl (C=O) groups excluding carboxylic acids is 2. The zero-order valence-electron chi connectivity index (χ0n) is 12.3. The fraction of sp³-hybridized carbons (Fsp3) is 0.857. The van der Waals surface area contributed by atoms with Crippen LogP contribution in [0.25, 0.3) is 0 Å². The van der Waals surface area contributed by atoms with Gasteiger partial charge in [0.2, 0.25) is 5.91 Å². The van der Waals surface area contributed by atoms with Gasteiger partial charge in [0.15, 0.2) is 0 Å². The van der Waals surface area contributed by atoms with Gasteiger partial charge in [-0.25, -0.2) is 0 Å². The number of carbonyl (C=O) groups is 2. The Labute approximate surface area is 105 Å². The van der Waals surface area contributed by atoms with Crippen molar-refractivity contribution in [3.63, 3.8) is 0 Å². The third-order valence-corrected chi connectivity index (χ3v) is 3.45. The molecule has 0 saturated heterocycles. The van der Waals surface area contributed by atoms with Crippen LogP contribution in [-0.4, -0.2) is 18.7 Å². The monoisotopic (exact) mass is 241 g/mol. The maximum absolute atomic E-state index is 12.3. The highest BCUT2D eigenvalue weighted by molar-refractivity contribution is 5.88. The zero-order chi connectivity index (χ0) is 13.9. The molecular weight excluding hydrogens is 214 g/mol. The SMILES string of the molecule is CCC(C)C(=O)C(C)(C)CC(C)(C)C(=O)NC. The van der Waals surface area contributed by atoms with Crippen molar-refractivity contribution in [1.82, 2.24) is 5.32 Å². The van der Waals surface area contributed by atoms with E-state index in [1.165, 1.54) is 0 Å². The van der Waals surface area contributed by atoms with Crippen LogP contribution in [0.4, 0.5) is 0 Å². The molecule has 0 saturated carbocycles. The van der Waals surface area contributed by atoms with E-state index in [4.69, 9.17) is 0 Å². The second-order valence-electron chi connectivity index (χ2n) is 6.20. The summed E-state index contributed by atoms with van der Waals surface area (Å²) in [4.78, 5) is 24.0. The Hall–Kier alpha value is -0.860. The van der Waals surface area contributed by atoms with Crippen molar-refractivity contribution in [3.8, 4) is 0 Å². The van der Waals surface area contributed by atoms with Gasteiger partial charge < -0.3 is 5.32 Å². The minimum atomic E-state index is -0.513. The van der Waals surface area contributed by atoms with E-state index in [-0.39, 0.29) is 17.6 Å². The summed E-state index contributed by atoms with van der Waals surface area (Å²) in [6, 6.07) is 0. The first-order valence-corrected chi connectivity index (χ1v) is 6.35.